The first kappa shape index (κ1) is 75.2. The largest absolute Gasteiger partial charge is 0.472 e. The molecule has 0 fully saturated rings. The number of nitrogens with zero attached hydrogens (tertiary/aromatic N) is 1. The number of unbranched alkanes of at least 4 members (excludes halogenated alkanes) is 41. The van der Waals surface area contributed by atoms with Gasteiger partial charge in [0.25, 0.3) is 0 Å². The van der Waals surface area contributed by atoms with Gasteiger partial charge in [-0.25, -0.2) is 4.57 Å². The second-order valence-electron chi connectivity index (χ2n) is 24.0. The van der Waals surface area contributed by atoms with Crippen LogP contribution in [-0.2, 0) is 27.9 Å². The van der Waals surface area contributed by atoms with E-state index in [9.17, 15) is 19.0 Å². The molecule has 0 radical (unpaired) electrons. The number of amides is 1. The predicted molar refractivity (Wildman–Crippen MR) is 332 cm³/mol. The van der Waals surface area contributed by atoms with Crippen molar-refractivity contribution in [1.82, 2.24) is 5.32 Å². The summed E-state index contributed by atoms with van der Waals surface area (Å²) < 4.78 is 30.8. The summed E-state index contributed by atoms with van der Waals surface area (Å²) in [5.41, 5.74) is 0. The van der Waals surface area contributed by atoms with Gasteiger partial charge < -0.3 is 19.4 Å². The van der Waals surface area contributed by atoms with Crippen molar-refractivity contribution in [2.24, 2.45) is 0 Å². The molecule has 0 aromatic rings. The number of phosphoric acid groups is 1. The zero-order valence-corrected chi connectivity index (χ0v) is 52.9. The van der Waals surface area contributed by atoms with Crippen LogP contribution in [0.4, 0.5) is 0 Å². The van der Waals surface area contributed by atoms with Crippen LogP contribution in [-0.4, -0.2) is 74.3 Å². The van der Waals surface area contributed by atoms with E-state index in [-0.39, 0.29) is 25.1 Å². The molecule has 0 bridgehead atoms. The van der Waals surface area contributed by atoms with E-state index in [0.717, 1.165) is 64.2 Å². The topological polar surface area (TPSA) is 111 Å². The Hall–Kier alpha value is -1.77. The molecular formula is C67H130N2O7P+. The van der Waals surface area contributed by atoms with Gasteiger partial charge in [0.1, 0.15) is 19.3 Å². The number of carbonyl (C=O) groups is 2. The van der Waals surface area contributed by atoms with Crippen LogP contribution in [0.5, 0.6) is 0 Å². The van der Waals surface area contributed by atoms with Gasteiger partial charge >= 0.3 is 13.8 Å². The second-order valence-corrected chi connectivity index (χ2v) is 25.5. The number of hydrogen-bond donors (Lipinski definition) is 2. The molecule has 2 N–H and O–H groups in total. The maximum atomic E-state index is 13.6. The Morgan fingerprint density at radius 2 is 0.792 bits per heavy atom. The predicted octanol–water partition coefficient (Wildman–Crippen LogP) is 20.7. The minimum Gasteiger partial charge on any atom is -0.456 e. The maximum absolute atomic E-state index is 13.6. The van der Waals surface area contributed by atoms with Crippen LogP contribution < -0.4 is 5.32 Å². The molecule has 3 atom stereocenters. The fourth-order valence-electron chi connectivity index (χ4n) is 9.91. The third kappa shape index (κ3) is 58.7. The van der Waals surface area contributed by atoms with Crippen molar-refractivity contribution in [2.75, 3.05) is 40.9 Å². The second kappa shape index (κ2) is 57.5. The van der Waals surface area contributed by atoms with Crippen LogP contribution in [0.25, 0.3) is 0 Å². The van der Waals surface area contributed by atoms with E-state index in [2.05, 4.69) is 50.4 Å². The number of rotatable bonds is 61. The van der Waals surface area contributed by atoms with Gasteiger partial charge in [-0.15, -0.1) is 0 Å². The molecule has 0 saturated carbocycles. The molecule has 77 heavy (non-hydrogen) atoms. The molecule has 0 saturated heterocycles. The highest BCUT2D eigenvalue weighted by Gasteiger charge is 2.30. The van der Waals surface area contributed by atoms with Gasteiger partial charge in [-0.1, -0.05) is 289 Å². The first-order valence-corrected chi connectivity index (χ1v) is 34.8. The smallest absolute Gasteiger partial charge is 0.456 e. The standard InChI is InChI=1S/C67H129N2O7P/c1-7-10-13-16-19-22-25-28-30-32-34-36-38-41-44-47-50-53-56-59-66(70)68-64(63-75-77(72,73)74-62-61-69(4,5)6)65(58-55-52-49-46-43-40-27-24-21-18-15-12-9-3)76-67(71)60-57-54-51-48-45-42-39-37-35-33-31-29-26-23-20-17-14-11-8-2/h20,23,29,31,55,58,64-65H,7-19,21-22,24-28,30,32-54,56-57,59-63H2,1-6H3,(H-,68,70,72,73)/p+1/b23-20-,31-29-,58-55+. The Labute approximate surface area is 478 Å². The molecule has 454 valence electrons. The highest BCUT2D eigenvalue weighted by atomic mass is 31.2. The van der Waals surface area contributed by atoms with Gasteiger partial charge in [-0.3, -0.25) is 18.6 Å². The van der Waals surface area contributed by atoms with Crippen LogP contribution in [0.2, 0.25) is 0 Å². The molecule has 0 aliphatic heterocycles. The molecule has 0 spiro atoms. The van der Waals surface area contributed by atoms with Crippen molar-refractivity contribution in [1.29, 1.82) is 0 Å². The average molecular weight is 1110 g/mol. The maximum Gasteiger partial charge on any atom is 0.472 e. The number of likely N-dealkylation sites (N-methyl/N-ethyl adjacent to an activating group) is 1. The molecule has 3 unspecified atom stereocenters. The quantitative estimate of drug-likeness (QED) is 0.0205. The number of carbonyl (C=O) groups excluding carboxylic acids is 2. The summed E-state index contributed by atoms with van der Waals surface area (Å²) in [6, 6.07) is -0.846. The number of hydrogen-bond acceptors (Lipinski definition) is 6. The first-order valence-electron chi connectivity index (χ1n) is 33.3. The number of ether oxygens (including phenoxy) is 1. The van der Waals surface area contributed by atoms with Crippen molar-refractivity contribution < 1.29 is 37.3 Å². The zero-order chi connectivity index (χ0) is 56.4. The van der Waals surface area contributed by atoms with Crippen molar-refractivity contribution in [3.63, 3.8) is 0 Å². The van der Waals surface area contributed by atoms with Crippen LogP contribution in [0, 0.1) is 0 Å². The van der Waals surface area contributed by atoms with E-state index in [1.54, 1.807) is 0 Å². The van der Waals surface area contributed by atoms with Crippen molar-refractivity contribution in [3.05, 3.63) is 36.5 Å². The molecule has 0 heterocycles. The highest BCUT2D eigenvalue weighted by molar-refractivity contribution is 7.47. The van der Waals surface area contributed by atoms with Crippen molar-refractivity contribution in [2.45, 2.75) is 341 Å². The Bertz CT molecular complexity index is 1410. The summed E-state index contributed by atoms with van der Waals surface area (Å²) >= 11 is 0. The number of nitrogens with one attached hydrogen (secondary N) is 1. The number of esters is 1. The Morgan fingerprint density at radius 3 is 1.19 bits per heavy atom. The normalized spacial score (nSPS) is 13.8. The number of quaternary nitrogens is 1. The minimum atomic E-state index is -4.45. The first-order chi connectivity index (χ1) is 37.4. The molecule has 0 aliphatic rings. The van der Waals surface area contributed by atoms with E-state index in [1.165, 1.54) is 231 Å². The summed E-state index contributed by atoms with van der Waals surface area (Å²) in [7, 11) is 1.51. The molecule has 10 heteroatoms. The number of allylic oxidation sites excluding steroid dienone is 5. The third-order valence-electron chi connectivity index (χ3n) is 15.1. The molecular weight excluding hydrogens is 976 g/mol. The Balaban J connectivity index is 5.19. The summed E-state index contributed by atoms with van der Waals surface area (Å²) in [5, 5.41) is 3.07. The summed E-state index contributed by atoms with van der Waals surface area (Å²) in [4.78, 5) is 37.8. The van der Waals surface area contributed by atoms with E-state index in [0.29, 0.717) is 23.9 Å². The molecule has 0 aromatic carbocycles. The third-order valence-corrected chi connectivity index (χ3v) is 16.1. The summed E-state index contributed by atoms with van der Waals surface area (Å²) in [6.07, 6.45) is 69.9. The molecule has 0 aliphatic carbocycles. The van der Waals surface area contributed by atoms with Gasteiger partial charge in [0, 0.05) is 12.8 Å². The summed E-state index contributed by atoms with van der Waals surface area (Å²) in [6.45, 7) is 7.04. The Kier molecular flexibility index (Phi) is 56.1. The molecule has 0 rings (SSSR count). The lowest BCUT2D eigenvalue weighted by Crippen LogP contribution is -2.47. The average Bonchev–Trinajstić information content (AvgIpc) is 3.39. The Morgan fingerprint density at radius 1 is 0.455 bits per heavy atom. The van der Waals surface area contributed by atoms with Gasteiger partial charge in [0.2, 0.25) is 5.91 Å². The fourth-order valence-corrected chi connectivity index (χ4v) is 10.7. The van der Waals surface area contributed by atoms with E-state index >= 15 is 0 Å². The van der Waals surface area contributed by atoms with Crippen molar-refractivity contribution in [3.8, 4) is 0 Å². The van der Waals surface area contributed by atoms with Gasteiger partial charge in [0.05, 0.1) is 33.8 Å². The van der Waals surface area contributed by atoms with Gasteiger partial charge in [-0.2, -0.15) is 0 Å². The zero-order valence-electron chi connectivity index (χ0n) is 52.0. The molecule has 9 nitrogen and oxygen atoms in total. The molecule has 0 aromatic heterocycles. The SMILES string of the molecule is CCCCC/C=C\C/C=C\CCCCCCCCCCCC(=O)OC(/C=C/CCCCCCCCCCCCC)C(COP(=O)(O)OCC[N+](C)(C)C)NC(=O)CCCCCCCCCCCCCCCCCCCCC. The van der Waals surface area contributed by atoms with E-state index < -0.39 is 20.0 Å². The highest BCUT2D eigenvalue weighted by Crippen LogP contribution is 2.43. The van der Waals surface area contributed by atoms with Crippen LogP contribution in [0.1, 0.15) is 329 Å². The van der Waals surface area contributed by atoms with Gasteiger partial charge in [0.15, 0.2) is 0 Å². The van der Waals surface area contributed by atoms with Crippen LogP contribution in [0.3, 0.4) is 0 Å². The molecule has 1 amide bonds. The lowest BCUT2D eigenvalue weighted by molar-refractivity contribution is -0.870. The van der Waals surface area contributed by atoms with Gasteiger partial charge in [-0.05, 0) is 63.9 Å². The van der Waals surface area contributed by atoms with Crippen LogP contribution >= 0.6 is 7.82 Å². The minimum absolute atomic E-state index is 0.0422. The lowest BCUT2D eigenvalue weighted by atomic mass is 10.0. The van der Waals surface area contributed by atoms with E-state index in [4.69, 9.17) is 13.8 Å². The van der Waals surface area contributed by atoms with E-state index in [1.807, 2.05) is 33.3 Å². The monoisotopic (exact) mass is 1110 g/mol. The number of phosphoric ester groups is 1. The fraction of sp³-hybridized carbons (Fsp3) is 0.881. The van der Waals surface area contributed by atoms with Crippen LogP contribution in [0.15, 0.2) is 36.5 Å². The summed E-state index contributed by atoms with van der Waals surface area (Å²) in [5.74, 6) is -0.492. The lowest BCUT2D eigenvalue weighted by Gasteiger charge is -2.27. The van der Waals surface area contributed by atoms with Crippen molar-refractivity contribution >= 4 is 19.7 Å².